The van der Waals surface area contributed by atoms with Crippen molar-refractivity contribution in [3.05, 3.63) is 36.4 Å². The van der Waals surface area contributed by atoms with Gasteiger partial charge in [-0.3, -0.25) is 9.59 Å². The van der Waals surface area contributed by atoms with Crippen LogP contribution >= 0.6 is 0 Å². The van der Waals surface area contributed by atoms with Crippen LogP contribution in [0.2, 0.25) is 0 Å². The summed E-state index contributed by atoms with van der Waals surface area (Å²) in [6.07, 6.45) is 3.44. The Morgan fingerprint density at radius 1 is 1.20 bits per heavy atom. The van der Waals surface area contributed by atoms with E-state index in [9.17, 15) is 14.7 Å². The van der Waals surface area contributed by atoms with Crippen LogP contribution < -0.4 is 4.90 Å². The number of carbonyl (C=O) groups is 2. The van der Waals surface area contributed by atoms with Gasteiger partial charge >= 0.3 is 0 Å². The summed E-state index contributed by atoms with van der Waals surface area (Å²) >= 11 is 0. The second kappa shape index (κ2) is 3.49. The van der Waals surface area contributed by atoms with Gasteiger partial charge < -0.3 is 9.84 Å². The molecule has 0 spiro atoms. The summed E-state index contributed by atoms with van der Waals surface area (Å²) in [6.45, 7) is 1.85. The molecule has 3 aliphatic heterocycles. The first-order valence-electron chi connectivity index (χ1n) is 6.55. The number of benzene rings is 1. The topological polar surface area (TPSA) is 66.8 Å². The van der Waals surface area contributed by atoms with Gasteiger partial charge in [0.05, 0.1) is 29.2 Å². The highest BCUT2D eigenvalue weighted by molar-refractivity contribution is 6.23. The minimum absolute atomic E-state index is 0.102. The van der Waals surface area contributed by atoms with Gasteiger partial charge in [-0.1, -0.05) is 12.2 Å². The van der Waals surface area contributed by atoms with Crippen molar-refractivity contribution >= 4 is 17.5 Å². The van der Waals surface area contributed by atoms with E-state index in [1.54, 1.807) is 12.1 Å². The molecule has 4 atom stereocenters. The molecule has 0 saturated carbocycles. The highest BCUT2D eigenvalue weighted by atomic mass is 16.5. The summed E-state index contributed by atoms with van der Waals surface area (Å²) < 4.78 is 5.75. The van der Waals surface area contributed by atoms with Crippen LogP contribution in [0.5, 0.6) is 5.75 Å². The van der Waals surface area contributed by atoms with Crippen molar-refractivity contribution in [1.29, 1.82) is 0 Å². The molecular weight excluding hydrogens is 258 g/mol. The third-order valence-corrected chi connectivity index (χ3v) is 4.44. The average Bonchev–Trinajstić information content (AvgIpc) is 3.01. The second-order valence-electron chi connectivity index (χ2n) is 5.66. The standard InChI is InChI=1S/C15H13NO4/c1-15-7-6-10(20-15)11-12(15)14(19)16(13(11)18)8-2-4-9(17)5-3-8/h2-7,10-12,17H,1H3. The van der Waals surface area contributed by atoms with Crippen LogP contribution in [0.4, 0.5) is 5.69 Å². The van der Waals surface area contributed by atoms with Crippen molar-refractivity contribution in [2.24, 2.45) is 11.8 Å². The molecule has 1 aromatic carbocycles. The van der Waals surface area contributed by atoms with Crippen molar-refractivity contribution in [3.63, 3.8) is 0 Å². The summed E-state index contributed by atoms with van der Waals surface area (Å²) in [5.41, 5.74) is -0.177. The molecule has 4 rings (SSSR count). The Morgan fingerprint density at radius 3 is 2.55 bits per heavy atom. The van der Waals surface area contributed by atoms with Crippen molar-refractivity contribution < 1.29 is 19.4 Å². The predicted octanol–water partition coefficient (Wildman–Crippen LogP) is 1.23. The lowest BCUT2D eigenvalue weighted by molar-refractivity contribution is -0.126. The molecule has 3 aliphatic rings. The Balaban J connectivity index is 1.77. The molecule has 2 bridgehead atoms. The van der Waals surface area contributed by atoms with Gasteiger partial charge in [0.2, 0.25) is 11.8 Å². The first-order valence-corrected chi connectivity index (χ1v) is 6.55. The Labute approximate surface area is 115 Å². The highest BCUT2D eigenvalue weighted by Gasteiger charge is 2.65. The van der Waals surface area contributed by atoms with E-state index in [-0.39, 0.29) is 23.7 Å². The quantitative estimate of drug-likeness (QED) is 0.616. The van der Waals surface area contributed by atoms with Crippen molar-refractivity contribution in [2.45, 2.75) is 18.6 Å². The molecule has 0 aromatic heterocycles. The summed E-state index contributed by atoms with van der Waals surface area (Å²) in [4.78, 5) is 26.4. The van der Waals surface area contributed by atoms with Crippen molar-refractivity contribution in [1.82, 2.24) is 0 Å². The number of fused-ring (bicyclic) bond motifs is 5. The van der Waals surface area contributed by atoms with Crippen LogP contribution in [0.1, 0.15) is 6.92 Å². The number of amides is 2. The smallest absolute Gasteiger partial charge is 0.241 e. The van der Waals surface area contributed by atoms with Gasteiger partial charge in [-0.2, -0.15) is 0 Å². The zero-order valence-electron chi connectivity index (χ0n) is 10.8. The van der Waals surface area contributed by atoms with Gasteiger partial charge in [-0.05, 0) is 31.2 Å². The molecular formula is C15H13NO4. The number of hydrogen-bond donors (Lipinski definition) is 1. The van der Waals surface area contributed by atoms with Crippen LogP contribution in [-0.2, 0) is 14.3 Å². The molecule has 2 fully saturated rings. The molecule has 1 aromatic rings. The third-order valence-electron chi connectivity index (χ3n) is 4.44. The van der Waals surface area contributed by atoms with Crippen LogP contribution in [0.25, 0.3) is 0 Å². The average molecular weight is 271 g/mol. The predicted molar refractivity (Wildman–Crippen MR) is 70.0 cm³/mol. The van der Waals surface area contributed by atoms with Gasteiger partial charge in [-0.15, -0.1) is 0 Å². The summed E-state index contributed by atoms with van der Waals surface area (Å²) in [5.74, 6) is -1.21. The maximum atomic E-state index is 12.6. The maximum Gasteiger partial charge on any atom is 0.241 e. The fraction of sp³-hybridized carbons (Fsp3) is 0.333. The monoisotopic (exact) mass is 271 g/mol. The molecule has 5 nitrogen and oxygen atoms in total. The van der Waals surface area contributed by atoms with E-state index in [2.05, 4.69) is 0 Å². The van der Waals surface area contributed by atoms with Gasteiger partial charge in [0.15, 0.2) is 0 Å². The number of hydrogen-bond acceptors (Lipinski definition) is 4. The number of aromatic hydroxyl groups is 1. The van der Waals surface area contributed by atoms with E-state index in [0.717, 1.165) is 0 Å². The van der Waals surface area contributed by atoms with Crippen LogP contribution in [0, 0.1) is 11.8 Å². The number of phenolic OH excluding ortho intramolecular Hbond substituents is 1. The molecule has 1 N–H and O–H groups in total. The number of imide groups is 1. The largest absolute Gasteiger partial charge is 0.508 e. The van der Waals surface area contributed by atoms with Gasteiger partial charge in [0.25, 0.3) is 0 Å². The zero-order valence-corrected chi connectivity index (χ0v) is 10.8. The molecule has 3 heterocycles. The summed E-state index contributed by atoms with van der Waals surface area (Å²) in [6, 6.07) is 6.08. The lowest BCUT2D eigenvalue weighted by Crippen LogP contribution is -2.38. The lowest BCUT2D eigenvalue weighted by atomic mass is 9.78. The first kappa shape index (κ1) is 11.7. The van der Waals surface area contributed by atoms with Crippen molar-refractivity contribution in [3.8, 4) is 5.75 Å². The molecule has 20 heavy (non-hydrogen) atoms. The molecule has 2 saturated heterocycles. The number of carbonyl (C=O) groups excluding carboxylic acids is 2. The molecule has 0 aliphatic carbocycles. The van der Waals surface area contributed by atoms with E-state index in [1.165, 1.54) is 17.0 Å². The maximum absolute atomic E-state index is 12.6. The fourth-order valence-electron chi connectivity index (χ4n) is 3.51. The van der Waals surface area contributed by atoms with E-state index < -0.39 is 17.4 Å². The molecule has 4 unspecified atom stereocenters. The normalized spacial score (nSPS) is 37.9. The number of anilines is 1. The van der Waals surface area contributed by atoms with Crippen LogP contribution in [0.15, 0.2) is 36.4 Å². The van der Waals surface area contributed by atoms with E-state index in [1.807, 2.05) is 19.1 Å². The van der Waals surface area contributed by atoms with Crippen LogP contribution in [0.3, 0.4) is 0 Å². The van der Waals surface area contributed by atoms with E-state index >= 15 is 0 Å². The number of phenols is 1. The van der Waals surface area contributed by atoms with Crippen LogP contribution in [-0.4, -0.2) is 28.6 Å². The summed E-state index contributed by atoms with van der Waals surface area (Å²) in [5, 5.41) is 9.31. The van der Waals surface area contributed by atoms with E-state index in [0.29, 0.717) is 5.69 Å². The summed E-state index contributed by atoms with van der Waals surface area (Å²) in [7, 11) is 0. The molecule has 5 heteroatoms. The van der Waals surface area contributed by atoms with E-state index in [4.69, 9.17) is 4.74 Å². The Hall–Kier alpha value is -2.14. The minimum atomic E-state index is -0.673. The highest BCUT2D eigenvalue weighted by Crippen LogP contribution is 2.52. The molecule has 102 valence electrons. The number of ether oxygens (including phenoxy) is 1. The fourth-order valence-corrected chi connectivity index (χ4v) is 3.51. The van der Waals surface area contributed by atoms with Gasteiger partial charge in [0, 0.05) is 0 Å². The van der Waals surface area contributed by atoms with Gasteiger partial charge in [-0.25, -0.2) is 4.90 Å². The minimum Gasteiger partial charge on any atom is -0.508 e. The number of rotatable bonds is 1. The Morgan fingerprint density at radius 2 is 1.90 bits per heavy atom. The SMILES string of the molecule is CC12C=CC(O1)C1C(=O)N(c3ccc(O)cc3)C(=O)C12. The Bertz CT molecular complexity index is 650. The molecule has 2 amide bonds. The lowest BCUT2D eigenvalue weighted by Gasteiger charge is -2.24. The Kier molecular flexibility index (Phi) is 2.04. The van der Waals surface area contributed by atoms with Gasteiger partial charge in [0.1, 0.15) is 5.75 Å². The molecule has 0 radical (unpaired) electrons. The van der Waals surface area contributed by atoms with Crippen molar-refractivity contribution in [2.75, 3.05) is 4.90 Å². The first-order chi connectivity index (χ1) is 9.51. The second-order valence-corrected chi connectivity index (χ2v) is 5.66. The number of nitrogens with zero attached hydrogens (tertiary/aromatic N) is 1. The third kappa shape index (κ3) is 1.25. The zero-order chi connectivity index (χ0) is 14.1.